The van der Waals surface area contributed by atoms with Gasteiger partial charge in [-0.25, -0.2) is 0 Å². The molecule has 0 amide bonds. The average Bonchev–Trinajstić information content (AvgIpc) is 2.52. The quantitative estimate of drug-likeness (QED) is 0.821. The lowest BCUT2D eigenvalue weighted by Gasteiger charge is -2.08. The fraction of sp³-hybridized carbons (Fsp3) is 0.400. The number of rotatable bonds is 3. The van der Waals surface area contributed by atoms with Crippen molar-refractivity contribution in [3.8, 4) is 11.8 Å². The molecule has 0 unspecified atom stereocenters. The second-order valence-corrected chi connectivity index (χ2v) is 5.17. The maximum Gasteiger partial charge on any atom is 0.0701 e. The first-order valence-electron chi connectivity index (χ1n) is 4.12. The van der Waals surface area contributed by atoms with Gasteiger partial charge in [-0.3, -0.25) is 5.32 Å². The molecule has 0 aliphatic heterocycles. The largest absolute Gasteiger partial charge is 0.299 e. The predicted molar refractivity (Wildman–Crippen MR) is 61.9 cm³/mol. The third-order valence-corrected chi connectivity index (χ3v) is 3.50. The van der Waals surface area contributed by atoms with Crippen LogP contribution >= 0.6 is 27.3 Å². The summed E-state index contributed by atoms with van der Waals surface area (Å²) in [6.45, 7) is 4.76. The molecule has 70 valence electrons. The van der Waals surface area contributed by atoms with Gasteiger partial charge >= 0.3 is 0 Å². The van der Waals surface area contributed by atoms with E-state index in [1.54, 1.807) is 11.3 Å². The third kappa shape index (κ3) is 3.51. The monoisotopic (exact) mass is 257 g/mol. The summed E-state index contributed by atoms with van der Waals surface area (Å²) < 4.78 is 1.18. The zero-order valence-electron chi connectivity index (χ0n) is 7.73. The van der Waals surface area contributed by atoms with Gasteiger partial charge < -0.3 is 0 Å². The van der Waals surface area contributed by atoms with Crippen LogP contribution in [0.25, 0.3) is 0 Å². The molecule has 1 atom stereocenters. The molecule has 1 aromatic rings. The molecule has 1 aromatic heterocycles. The predicted octanol–water partition coefficient (Wildman–Crippen LogP) is 3.18. The number of hydrogen-bond acceptors (Lipinski definition) is 2. The second kappa shape index (κ2) is 5.43. The van der Waals surface area contributed by atoms with E-state index in [9.17, 15) is 0 Å². The van der Waals surface area contributed by atoms with E-state index in [1.807, 2.05) is 6.92 Å². The van der Waals surface area contributed by atoms with Crippen molar-refractivity contribution in [1.29, 1.82) is 0 Å². The average molecular weight is 258 g/mol. The first-order chi connectivity index (χ1) is 6.24. The summed E-state index contributed by atoms with van der Waals surface area (Å²) in [6, 6.07) is 4.59. The number of hydrogen-bond donors (Lipinski definition) is 1. The summed E-state index contributed by atoms with van der Waals surface area (Å²) in [4.78, 5) is 1.34. The van der Waals surface area contributed by atoms with Gasteiger partial charge in [0.15, 0.2) is 0 Å². The van der Waals surface area contributed by atoms with Crippen molar-refractivity contribution in [3.05, 3.63) is 20.8 Å². The molecule has 0 aliphatic carbocycles. The van der Waals surface area contributed by atoms with Crippen molar-refractivity contribution in [1.82, 2.24) is 5.32 Å². The van der Waals surface area contributed by atoms with Crippen LogP contribution in [-0.4, -0.2) is 6.54 Å². The Kier molecular flexibility index (Phi) is 4.51. The maximum atomic E-state index is 3.45. The lowest BCUT2D eigenvalue weighted by Crippen LogP contribution is -2.17. The van der Waals surface area contributed by atoms with Crippen LogP contribution in [0.2, 0.25) is 0 Å². The van der Waals surface area contributed by atoms with E-state index in [-0.39, 0.29) is 0 Å². The highest BCUT2D eigenvalue weighted by Gasteiger charge is 2.05. The highest BCUT2D eigenvalue weighted by atomic mass is 79.9. The summed E-state index contributed by atoms with van der Waals surface area (Å²) in [5.41, 5.74) is 0. The summed E-state index contributed by atoms with van der Waals surface area (Å²) in [6.07, 6.45) is 0. The molecule has 0 aliphatic rings. The summed E-state index contributed by atoms with van der Waals surface area (Å²) in [5, 5.41) is 3.33. The van der Waals surface area contributed by atoms with E-state index < -0.39 is 0 Å². The zero-order valence-corrected chi connectivity index (χ0v) is 10.1. The first-order valence-corrected chi connectivity index (χ1v) is 5.73. The van der Waals surface area contributed by atoms with Crippen LogP contribution in [0.1, 0.15) is 24.8 Å². The molecule has 1 rings (SSSR count). The Morgan fingerprint density at radius 1 is 1.62 bits per heavy atom. The van der Waals surface area contributed by atoms with E-state index in [2.05, 4.69) is 52.1 Å². The minimum Gasteiger partial charge on any atom is -0.299 e. The Hall–Kier alpha value is -0.300. The molecule has 0 saturated carbocycles. The Morgan fingerprint density at radius 3 is 2.92 bits per heavy atom. The summed E-state index contributed by atoms with van der Waals surface area (Å²) in [7, 11) is 0. The summed E-state index contributed by atoms with van der Waals surface area (Å²) >= 11 is 5.20. The first kappa shape index (κ1) is 10.8. The van der Waals surface area contributed by atoms with Crippen molar-refractivity contribution in [3.63, 3.8) is 0 Å². The highest BCUT2D eigenvalue weighted by molar-refractivity contribution is 9.11. The van der Waals surface area contributed by atoms with Crippen LogP contribution in [0, 0.1) is 11.8 Å². The molecule has 0 radical (unpaired) electrons. The van der Waals surface area contributed by atoms with Gasteiger partial charge in [0.1, 0.15) is 0 Å². The van der Waals surface area contributed by atoms with Crippen molar-refractivity contribution in [2.24, 2.45) is 0 Å². The van der Waals surface area contributed by atoms with Gasteiger partial charge in [-0.1, -0.05) is 5.92 Å². The lowest BCUT2D eigenvalue weighted by atomic mass is 10.3. The molecule has 3 heteroatoms. The van der Waals surface area contributed by atoms with Gasteiger partial charge in [-0.15, -0.1) is 17.3 Å². The minimum atomic E-state index is 0.386. The Bertz CT molecular complexity index is 321. The Balaban J connectivity index is 2.47. The third-order valence-electron chi connectivity index (χ3n) is 1.69. The molecule has 1 nitrogen and oxygen atoms in total. The lowest BCUT2D eigenvalue weighted by molar-refractivity contribution is 0.633. The van der Waals surface area contributed by atoms with Gasteiger partial charge in [0, 0.05) is 10.9 Å². The van der Waals surface area contributed by atoms with Crippen LogP contribution in [0.5, 0.6) is 0 Å². The molecule has 0 saturated heterocycles. The molecule has 1 N–H and O–H groups in total. The van der Waals surface area contributed by atoms with E-state index in [4.69, 9.17) is 0 Å². The normalized spacial score (nSPS) is 11.9. The van der Waals surface area contributed by atoms with Crippen molar-refractivity contribution in [2.45, 2.75) is 19.9 Å². The molecule has 0 spiro atoms. The van der Waals surface area contributed by atoms with Gasteiger partial charge in [0.05, 0.1) is 10.3 Å². The van der Waals surface area contributed by atoms with Gasteiger partial charge in [-0.05, 0) is 41.9 Å². The van der Waals surface area contributed by atoms with Crippen molar-refractivity contribution >= 4 is 27.3 Å². The van der Waals surface area contributed by atoms with Crippen LogP contribution in [0.15, 0.2) is 15.9 Å². The van der Waals surface area contributed by atoms with Crippen LogP contribution in [-0.2, 0) is 0 Å². The molecule has 0 aromatic carbocycles. The highest BCUT2D eigenvalue weighted by Crippen LogP contribution is 2.26. The number of nitrogens with one attached hydrogen (secondary N) is 1. The maximum absolute atomic E-state index is 3.45. The van der Waals surface area contributed by atoms with E-state index >= 15 is 0 Å². The van der Waals surface area contributed by atoms with E-state index in [0.717, 1.165) is 6.54 Å². The van der Waals surface area contributed by atoms with Gasteiger partial charge in [-0.2, -0.15) is 0 Å². The molecular formula is C10H12BrNS. The smallest absolute Gasteiger partial charge is 0.0701 e. The Morgan fingerprint density at radius 2 is 2.38 bits per heavy atom. The zero-order chi connectivity index (χ0) is 9.68. The van der Waals surface area contributed by atoms with Gasteiger partial charge in [0.25, 0.3) is 0 Å². The van der Waals surface area contributed by atoms with Crippen LogP contribution in [0.3, 0.4) is 0 Å². The SMILES string of the molecule is CC#CCN[C@H](C)c1ccc(Br)s1. The molecule has 0 bridgehead atoms. The fourth-order valence-corrected chi connectivity index (χ4v) is 2.40. The topological polar surface area (TPSA) is 12.0 Å². The van der Waals surface area contributed by atoms with Crippen molar-refractivity contribution < 1.29 is 0 Å². The molecule has 13 heavy (non-hydrogen) atoms. The standard InChI is InChI=1S/C10H12BrNS/c1-3-4-7-12-8(2)9-5-6-10(11)13-9/h5-6,8,12H,7H2,1-2H3/t8-/m1/s1. The van der Waals surface area contributed by atoms with Crippen LogP contribution in [0.4, 0.5) is 0 Å². The molecule has 1 heterocycles. The number of thiophene rings is 1. The van der Waals surface area contributed by atoms with Crippen LogP contribution < -0.4 is 5.32 Å². The minimum absolute atomic E-state index is 0.386. The molecule has 0 fully saturated rings. The van der Waals surface area contributed by atoms with Gasteiger partial charge in [0.2, 0.25) is 0 Å². The molecular weight excluding hydrogens is 246 g/mol. The summed E-state index contributed by atoms with van der Waals surface area (Å²) in [5.74, 6) is 5.85. The van der Waals surface area contributed by atoms with Crippen molar-refractivity contribution in [2.75, 3.05) is 6.54 Å². The van der Waals surface area contributed by atoms with E-state index in [1.165, 1.54) is 8.66 Å². The second-order valence-electron chi connectivity index (χ2n) is 2.67. The Labute approximate surface area is 91.7 Å². The van der Waals surface area contributed by atoms with E-state index in [0.29, 0.717) is 6.04 Å². The fourth-order valence-electron chi connectivity index (χ4n) is 0.954. The number of halogens is 1.